The third-order valence-electron chi connectivity index (χ3n) is 3.35. The number of hydrogen-bond acceptors (Lipinski definition) is 0. The molecule has 19 heavy (non-hydrogen) atoms. The SMILES string of the molecule is C#Cc1cccc(C(C)Cc2cccc(C=C)c2)c1. The summed E-state index contributed by atoms with van der Waals surface area (Å²) in [6.45, 7) is 6.04. The van der Waals surface area contributed by atoms with Crippen molar-refractivity contribution in [3.63, 3.8) is 0 Å². The predicted molar refractivity (Wildman–Crippen MR) is 83.0 cm³/mol. The fraction of sp³-hybridized carbons (Fsp3) is 0.158. The van der Waals surface area contributed by atoms with Crippen molar-refractivity contribution < 1.29 is 0 Å². The molecule has 2 rings (SSSR count). The first-order valence-corrected chi connectivity index (χ1v) is 6.51. The van der Waals surface area contributed by atoms with E-state index in [9.17, 15) is 0 Å². The average Bonchev–Trinajstić information content (AvgIpc) is 2.47. The molecule has 0 aliphatic rings. The van der Waals surface area contributed by atoms with Crippen molar-refractivity contribution in [3.05, 3.63) is 77.4 Å². The van der Waals surface area contributed by atoms with Crippen LogP contribution in [0, 0.1) is 12.3 Å². The van der Waals surface area contributed by atoms with Gasteiger partial charge < -0.3 is 0 Å². The van der Waals surface area contributed by atoms with Crippen LogP contribution in [0.1, 0.15) is 35.1 Å². The maximum atomic E-state index is 5.45. The van der Waals surface area contributed by atoms with E-state index in [0.29, 0.717) is 5.92 Å². The second kappa shape index (κ2) is 6.07. The van der Waals surface area contributed by atoms with Crippen LogP contribution < -0.4 is 0 Å². The molecule has 0 nitrogen and oxygen atoms in total. The van der Waals surface area contributed by atoms with E-state index < -0.39 is 0 Å². The number of hydrogen-bond donors (Lipinski definition) is 0. The van der Waals surface area contributed by atoms with Crippen LogP contribution >= 0.6 is 0 Å². The molecule has 0 saturated heterocycles. The molecule has 1 atom stereocenters. The summed E-state index contributed by atoms with van der Waals surface area (Å²) in [6.07, 6.45) is 8.34. The molecule has 0 spiro atoms. The molecule has 0 aromatic heterocycles. The van der Waals surface area contributed by atoms with Gasteiger partial charge in [-0.3, -0.25) is 0 Å². The van der Waals surface area contributed by atoms with E-state index >= 15 is 0 Å². The van der Waals surface area contributed by atoms with Crippen molar-refractivity contribution in [2.45, 2.75) is 19.3 Å². The molecule has 0 radical (unpaired) electrons. The van der Waals surface area contributed by atoms with Gasteiger partial charge in [0.15, 0.2) is 0 Å². The first-order chi connectivity index (χ1) is 9.22. The highest BCUT2D eigenvalue weighted by Gasteiger charge is 2.07. The van der Waals surface area contributed by atoms with Gasteiger partial charge in [0.25, 0.3) is 0 Å². The largest absolute Gasteiger partial charge is 0.115 e. The Morgan fingerprint density at radius 1 is 1.21 bits per heavy atom. The molecular formula is C19H18. The van der Waals surface area contributed by atoms with Crippen molar-refractivity contribution in [1.29, 1.82) is 0 Å². The molecule has 0 heteroatoms. The van der Waals surface area contributed by atoms with Crippen molar-refractivity contribution in [2.75, 3.05) is 0 Å². The Kier molecular flexibility index (Phi) is 4.21. The van der Waals surface area contributed by atoms with E-state index in [1.165, 1.54) is 16.7 Å². The standard InChI is InChI=1S/C19H18/c1-4-16-8-6-10-18(13-16)12-15(3)19-11-7-9-17(5-2)14-19/h2,4,6-11,13-15H,1,12H2,3H3. The number of rotatable bonds is 4. The van der Waals surface area contributed by atoms with Crippen LogP contribution in [-0.2, 0) is 6.42 Å². The first kappa shape index (κ1) is 13.2. The highest BCUT2D eigenvalue weighted by molar-refractivity contribution is 5.48. The zero-order valence-electron chi connectivity index (χ0n) is 11.3. The smallest absolute Gasteiger partial charge is 0.0245 e. The van der Waals surface area contributed by atoms with Gasteiger partial charge in [0, 0.05) is 5.56 Å². The molecule has 2 aromatic carbocycles. The summed E-state index contributed by atoms with van der Waals surface area (Å²) in [5.41, 5.74) is 4.74. The summed E-state index contributed by atoms with van der Waals surface area (Å²) in [7, 11) is 0. The van der Waals surface area contributed by atoms with E-state index in [-0.39, 0.29) is 0 Å². The van der Waals surface area contributed by atoms with Gasteiger partial charge in [-0.05, 0) is 41.2 Å². The second-order valence-corrected chi connectivity index (χ2v) is 4.82. The van der Waals surface area contributed by atoms with E-state index in [2.05, 4.69) is 55.8 Å². The van der Waals surface area contributed by atoms with Gasteiger partial charge in [0.05, 0.1) is 0 Å². The molecule has 0 saturated carbocycles. The Labute approximate surface area is 115 Å². The molecular weight excluding hydrogens is 228 g/mol. The van der Waals surface area contributed by atoms with Crippen molar-refractivity contribution in [3.8, 4) is 12.3 Å². The molecule has 0 fully saturated rings. The Morgan fingerprint density at radius 2 is 2.00 bits per heavy atom. The Balaban J connectivity index is 2.18. The van der Waals surface area contributed by atoms with E-state index in [1.54, 1.807) is 0 Å². The lowest BCUT2D eigenvalue weighted by Gasteiger charge is -2.13. The molecule has 0 bridgehead atoms. The van der Waals surface area contributed by atoms with Crippen LogP contribution in [0.3, 0.4) is 0 Å². The fourth-order valence-corrected chi connectivity index (χ4v) is 2.25. The van der Waals surface area contributed by atoms with Crippen molar-refractivity contribution >= 4 is 6.08 Å². The number of terminal acetylenes is 1. The van der Waals surface area contributed by atoms with Crippen LogP contribution in [0.2, 0.25) is 0 Å². The quantitative estimate of drug-likeness (QED) is 0.688. The maximum absolute atomic E-state index is 5.45. The van der Waals surface area contributed by atoms with Gasteiger partial charge in [-0.25, -0.2) is 0 Å². The van der Waals surface area contributed by atoms with Crippen LogP contribution in [0.4, 0.5) is 0 Å². The Hall–Kier alpha value is -2.26. The summed E-state index contributed by atoms with van der Waals surface area (Å²) in [6, 6.07) is 16.7. The third kappa shape index (κ3) is 3.36. The highest BCUT2D eigenvalue weighted by Crippen LogP contribution is 2.22. The maximum Gasteiger partial charge on any atom is 0.0245 e. The summed E-state index contributed by atoms with van der Waals surface area (Å²) in [4.78, 5) is 0. The predicted octanol–water partition coefficient (Wildman–Crippen LogP) is 4.66. The molecule has 0 N–H and O–H groups in total. The third-order valence-corrected chi connectivity index (χ3v) is 3.35. The van der Waals surface area contributed by atoms with Gasteiger partial charge in [-0.1, -0.05) is 61.9 Å². The minimum Gasteiger partial charge on any atom is -0.115 e. The lowest BCUT2D eigenvalue weighted by atomic mass is 9.92. The topological polar surface area (TPSA) is 0 Å². The normalized spacial score (nSPS) is 11.6. The molecule has 0 amide bonds. The van der Waals surface area contributed by atoms with Gasteiger partial charge >= 0.3 is 0 Å². The average molecular weight is 246 g/mol. The molecule has 94 valence electrons. The zero-order chi connectivity index (χ0) is 13.7. The van der Waals surface area contributed by atoms with Crippen LogP contribution in [-0.4, -0.2) is 0 Å². The molecule has 0 heterocycles. The Bertz CT molecular complexity index is 614. The summed E-state index contributed by atoms with van der Waals surface area (Å²) >= 11 is 0. The van der Waals surface area contributed by atoms with Crippen LogP contribution in [0.5, 0.6) is 0 Å². The minimum atomic E-state index is 0.452. The molecule has 1 unspecified atom stereocenters. The first-order valence-electron chi connectivity index (χ1n) is 6.51. The van der Waals surface area contributed by atoms with Crippen LogP contribution in [0.25, 0.3) is 6.08 Å². The van der Waals surface area contributed by atoms with E-state index in [4.69, 9.17) is 6.42 Å². The van der Waals surface area contributed by atoms with Crippen molar-refractivity contribution in [2.24, 2.45) is 0 Å². The molecule has 0 aliphatic carbocycles. The van der Waals surface area contributed by atoms with Gasteiger partial charge in [0.2, 0.25) is 0 Å². The van der Waals surface area contributed by atoms with E-state index in [1.807, 2.05) is 18.2 Å². The summed E-state index contributed by atoms with van der Waals surface area (Å²) in [5, 5.41) is 0. The fourth-order valence-electron chi connectivity index (χ4n) is 2.25. The van der Waals surface area contributed by atoms with Gasteiger partial charge in [-0.15, -0.1) is 6.42 Å². The minimum absolute atomic E-state index is 0.452. The summed E-state index contributed by atoms with van der Waals surface area (Å²) < 4.78 is 0. The zero-order valence-corrected chi connectivity index (χ0v) is 11.3. The summed E-state index contributed by atoms with van der Waals surface area (Å²) in [5.74, 6) is 3.14. The molecule has 0 aliphatic heterocycles. The number of benzene rings is 2. The Morgan fingerprint density at radius 3 is 2.74 bits per heavy atom. The second-order valence-electron chi connectivity index (χ2n) is 4.82. The van der Waals surface area contributed by atoms with Gasteiger partial charge in [-0.2, -0.15) is 0 Å². The monoisotopic (exact) mass is 246 g/mol. The van der Waals surface area contributed by atoms with Crippen molar-refractivity contribution in [1.82, 2.24) is 0 Å². The lowest BCUT2D eigenvalue weighted by Crippen LogP contribution is -1.99. The van der Waals surface area contributed by atoms with Gasteiger partial charge in [0.1, 0.15) is 0 Å². The van der Waals surface area contributed by atoms with E-state index in [0.717, 1.165) is 12.0 Å². The van der Waals surface area contributed by atoms with Crippen LogP contribution in [0.15, 0.2) is 55.1 Å². The molecule has 2 aromatic rings. The lowest BCUT2D eigenvalue weighted by molar-refractivity contribution is 0.759. The highest BCUT2D eigenvalue weighted by atomic mass is 14.1.